The summed E-state index contributed by atoms with van der Waals surface area (Å²) in [5, 5.41) is 26.2. The van der Waals surface area contributed by atoms with Crippen LogP contribution in [0.15, 0.2) is 43.0 Å². The first kappa shape index (κ1) is 48.4. The van der Waals surface area contributed by atoms with E-state index in [1.54, 1.807) is 0 Å². The highest BCUT2D eigenvalue weighted by molar-refractivity contribution is 8.13. The molecule has 25 nitrogen and oxygen atoms in total. The number of fused-ring (bicyclic) bond motifs is 1. The van der Waals surface area contributed by atoms with E-state index in [9.17, 15) is 57.9 Å². The van der Waals surface area contributed by atoms with E-state index in [2.05, 4.69) is 34.4 Å². The summed E-state index contributed by atoms with van der Waals surface area (Å²) in [6.45, 7) is 0.376. The number of benzene rings is 1. The molecule has 1 aromatic carbocycles. The lowest BCUT2D eigenvalue weighted by Gasteiger charge is -2.30. The molecule has 2 unspecified atom stereocenters. The third kappa shape index (κ3) is 14.4. The maximum atomic E-state index is 12.7. The number of carbonyl (C=O) groups excluding carboxylic acids is 3. The number of carbonyl (C=O) groups is 3. The van der Waals surface area contributed by atoms with Crippen molar-refractivity contribution in [1.29, 1.82) is 0 Å². The Kier molecular flexibility index (Phi) is 16.8. The van der Waals surface area contributed by atoms with Gasteiger partial charge in [0.25, 0.3) is 0 Å². The molecule has 2 amide bonds. The minimum atomic E-state index is -5.58. The van der Waals surface area contributed by atoms with Gasteiger partial charge in [0, 0.05) is 30.7 Å². The molecule has 1 aliphatic heterocycles. The summed E-state index contributed by atoms with van der Waals surface area (Å²) in [7, 11) is -16.4. The SMILES string of the molecule is CC(C)(COP(=O)(O)OP(=O)(O)OC[C@H]1O[C@@H](n2cnc3c(N)ncnc32)[C@H](O)[C@@H]1OP(=O)(O)O)[C@@H](O)C(=O)NCCC(=O)NCCSC(=O)[C@H](N)Cc1ccccc1. The second-order valence-electron chi connectivity index (χ2n) is 13.5. The van der Waals surface area contributed by atoms with E-state index >= 15 is 0 Å². The monoisotopic (exact) mass is 914 g/mol. The average molecular weight is 915 g/mol. The maximum Gasteiger partial charge on any atom is 0.481 e. The van der Waals surface area contributed by atoms with Gasteiger partial charge in [0.05, 0.1) is 25.6 Å². The summed E-state index contributed by atoms with van der Waals surface area (Å²) in [4.78, 5) is 88.1. The number of phosphoric ester groups is 3. The molecule has 1 fully saturated rings. The summed E-state index contributed by atoms with van der Waals surface area (Å²) in [6, 6.07) is 8.54. The zero-order chi connectivity index (χ0) is 43.8. The second kappa shape index (κ2) is 20.5. The Balaban J connectivity index is 1.20. The van der Waals surface area contributed by atoms with Crippen molar-refractivity contribution in [2.45, 2.75) is 63.4 Å². The van der Waals surface area contributed by atoms with Gasteiger partial charge in [0.1, 0.15) is 36.3 Å². The van der Waals surface area contributed by atoms with Gasteiger partial charge in [-0.3, -0.25) is 32.5 Å². The predicted octanol–water partition coefficient (Wildman–Crippen LogP) is -0.765. The van der Waals surface area contributed by atoms with Crippen molar-refractivity contribution in [2.24, 2.45) is 11.1 Å². The molecule has 1 aliphatic rings. The highest BCUT2D eigenvalue weighted by atomic mass is 32.2. The molecule has 4 rings (SSSR count). The number of phosphoric acid groups is 3. The number of aromatic nitrogens is 4. The van der Waals surface area contributed by atoms with Crippen LogP contribution in [0.2, 0.25) is 0 Å². The Morgan fingerprint density at radius 3 is 2.37 bits per heavy atom. The normalized spacial score (nSPS) is 21.6. The first-order valence-electron chi connectivity index (χ1n) is 17.3. The summed E-state index contributed by atoms with van der Waals surface area (Å²) in [6.07, 6.45) is -6.62. The number of hydrogen-bond donors (Lipinski definition) is 10. The molecule has 8 atom stereocenters. The third-order valence-electron chi connectivity index (χ3n) is 8.35. The number of nitrogens with one attached hydrogen (secondary N) is 2. The number of nitrogens with two attached hydrogens (primary N) is 2. The van der Waals surface area contributed by atoms with Gasteiger partial charge in [-0.15, -0.1) is 0 Å². The van der Waals surface area contributed by atoms with Crippen molar-refractivity contribution >= 4 is 69.1 Å². The average Bonchev–Trinajstić information content (AvgIpc) is 3.71. The van der Waals surface area contributed by atoms with E-state index in [1.807, 2.05) is 30.3 Å². The molecule has 59 heavy (non-hydrogen) atoms. The molecule has 1 saturated heterocycles. The number of ether oxygens (including phenoxy) is 1. The molecule has 3 aromatic rings. The quantitative estimate of drug-likeness (QED) is 0.0437. The lowest BCUT2D eigenvalue weighted by molar-refractivity contribution is -0.137. The number of hydrogen-bond acceptors (Lipinski definition) is 19. The van der Waals surface area contributed by atoms with Crippen molar-refractivity contribution in [2.75, 3.05) is 37.8 Å². The molecule has 29 heteroatoms. The van der Waals surface area contributed by atoms with Crippen LogP contribution in [-0.4, -0.2) is 129 Å². The first-order chi connectivity index (χ1) is 27.5. The summed E-state index contributed by atoms with van der Waals surface area (Å²) >= 11 is 0.973. The Morgan fingerprint density at radius 1 is 1.02 bits per heavy atom. The summed E-state index contributed by atoms with van der Waals surface area (Å²) < 4.78 is 62.2. The van der Waals surface area contributed by atoms with Gasteiger partial charge in [-0.25, -0.2) is 28.6 Å². The topological polar surface area (TPSA) is 390 Å². The summed E-state index contributed by atoms with van der Waals surface area (Å²) in [5.74, 6) is -1.25. The largest absolute Gasteiger partial charge is 0.481 e. The van der Waals surface area contributed by atoms with Gasteiger partial charge >= 0.3 is 23.5 Å². The Labute approximate surface area is 340 Å². The Morgan fingerprint density at radius 2 is 1.69 bits per heavy atom. The van der Waals surface area contributed by atoms with Gasteiger partial charge in [0.15, 0.2) is 17.7 Å². The number of aliphatic hydroxyl groups is 2. The van der Waals surface area contributed by atoms with Gasteiger partial charge in [-0.2, -0.15) is 4.31 Å². The van der Waals surface area contributed by atoms with Crippen LogP contribution in [0.4, 0.5) is 5.82 Å². The smallest absolute Gasteiger partial charge is 0.386 e. The zero-order valence-electron chi connectivity index (χ0n) is 31.3. The number of nitrogens with zero attached hydrogens (tertiary/aromatic N) is 4. The van der Waals surface area contributed by atoms with Crippen LogP contribution in [0.1, 0.15) is 32.1 Å². The van der Waals surface area contributed by atoms with Crippen LogP contribution < -0.4 is 22.1 Å². The molecule has 2 aromatic heterocycles. The van der Waals surface area contributed by atoms with Crippen molar-refractivity contribution in [3.05, 3.63) is 48.5 Å². The summed E-state index contributed by atoms with van der Waals surface area (Å²) in [5.41, 5.74) is 11.1. The van der Waals surface area contributed by atoms with Crippen LogP contribution in [0.5, 0.6) is 0 Å². The molecule has 0 radical (unpaired) electrons. The molecule has 0 aliphatic carbocycles. The number of rotatable bonds is 22. The van der Waals surface area contributed by atoms with Crippen LogP contribution in [-0.2, 0) is 57.1 Å². The van der Waals surface area contributed by atoms with E-state index in [0.29, 0.717) is 6.42 Å². The standard InChI is InChI=1S/C30H45N8O17P3S/c1-30(2,24(41)27(42)34-9-8-20(39)33-10-11-59-29(43)18(31)12-17-6-4-3-5-7-17)14-52-58(49,50)55-57(47,48)51-13-19-23(54-56(44,45)46)22(40)28(53-19)38-16-37-21-25(32)35-15-36-26(21)38/h3-7,15-16,18-19,22-24,28,40-41H,8-14,31H2,1-2H3,(H,33,39)(H,34,42)(H,47,48)(H,49,50)(H2,32,35,36)(H2,44,45,46)/t18-,19-,22-,23-,24+,28-/m1/s1. The predicted molar refractivity (Wildman–Crippen MR) is 205 cm³/mol. The van der Waals surface area contributed by atoms with Crippen molar-refractivity contribution in [1.82, 2.24) is 30.2 Å². The number of amides is 2. The Hall–Kier alpha value is -3.26. The molecule has 12 N–H and O–H groups in total. The number of nitrogen functional groups attached to an aromatic ring is 1. The zero-order valence-corrected chi connectivity index (χ0v) is 34.8. The van der Waals surface area contributed by atoms with E-state index < -0.39 is 90.6 Å². The van der Waals surface area contributed by atoms with Crippen LogP contribution in [0.3, 0.4) is 0 Å². The fourth-order valence-corrected chi connectivity index (χ4v) is 8.87. The number of anilines is 1. The fraction of sp³-hybridized carbons (Fsp3) is 0.533. The van der Waals surface area contributed by atoms with Gasteiger partial charge in [-0.1, -0.05) is 55.9 Å². The van der Waals surface area contributed by atoms with Crippen molar-refractivity contribution in [3.63, 3.8) is 0 Å². The number of imidazole rings is 1. The first-order valence-corrected chi connectivity index (χ1v) is 22.8. The minimum absolute atomic E-state index is 0.0268. The second-order valence-corrected chi connectivity index (χ2v) is 18.9. The molecule has 328 valence electrons. The maximum absolute atomic E-state index is 12.7. The Bertz CT molecular complexity index is 2080. The molecule has 0 saturated carbocycles. The van der Waals surface area contributed by atoms with Gasteiger partial charge in [-0.05, 0) is 12.0 Å². The van der Waals surface area contributed by atoms with E-state index in [1.165, 1.54) is 13.8 Å². The van der Waals surface area contributed by atoms with E-state index in [4.69, 9.17) is 25.3 Å². The molecular formula is C30H45N8O17P3S. The van der Waals surface area contributed by atoms with E-state index in [0.717, 1.165) is 34.5 Å². The molecular weight excluding hydrogens is 869 g/mol. The fourth-order valence-electron chi connectivity index (χ4n) is 5.34. The molecule has 0 spiro atoms. The third-order valence-corrected chi connectivity index (χ3v) is 12.4. The van der Waals surface area contributed by atoms with Gasteiger partial charge in [0.2, 0.25) is 16.9 Å². The molecule has 3 heterocycles. The number of aliphatic hydroxyl groups excluding tert-OH is 2. The van der Waals surface area contributed by atoms with Crippen LogP contribution >= 0.6 is 35.2 Å². The lowest BCUT2D eigenvalue weighted by atomic mass is 9.87. The van der Waals surface area contributed by atoms with Crippen LogP contribution in [0.25, 0.3) is 11.2 Å². The van der Waals surface area contributed by atoms with Gasteiger partial charge < -0.3 is 56.6 Å². The van der Waals surface area contributed by atoms with Crippen molar-refractivity contribution < 1.29 is 80.5 Å². The highest BCUT2D eigenvalue weighted by Gasteiger charge is 2.50. The highest BCUT2D eigenvalue weighted by Crippen LogP contribution is 2.61. The van der Waals surface area contributed by atoms with Crippen molar-refractivity contribution in [3.8, 4) is 0 Å². The lowest BCUT2D eigenvalue weighted by Crippen LogP contribution is -2.46. The van der Waals surface area contributed by atoms with Crippen LogP contribution in [0, 0.1) is 5.41 Å². The number of thioether (sulfide) groups is 1. The molecule has 0 bridgehead atoms. The van der Waals surface area contributed by atoms with E-state index in [-0.39, 0.29) is 47.4 Å². The minimum Gasteiger partial charge on any atom is -0.386 e.